The first-order valence-corrected chi connectivity index (χ1v) is 12.7. The maximum atomic E-state index is 12.9. The number of ether oxygens (including phenoxy) is 1. The van der Waals surface area contributed by atoms with Gasteiger partial charge >= 0.3 is 5.97 Å². The van der Waals surface area contributed by atoms with E-state index in [9.17, 15) is 4.79 Å². The Morgan fingerprint density at radius 1 is 1.32 bits per heavy atom. The van der Waals surface area contributed by atoms with Gasteiger partial charge in [0.25, 0.3) is 0 Å². The van der Waals surface area contributed by atoms with Gasteiger partial charge in [-0.3, -0.25) is 4.79 Å². The molecule has 2 fully saturated rings. The predicted octanol–water partition coefficient (Wildman–Crippen LogP) is 5.10. The molecule has 0 aromatic carbocycles. The quantitative estimate of drug-likeness (QED) is 0.396. The van der Waals surface area contributed by atoms with E-state index in [1.807, 2.05) is 6.92 Å². The Balaban J connectivity index is 1.94. The molecule has 1 spiro atoms. The van der Waals surface area contributed by atoms with E-state index in [2.05, 4.69) is 58.2 Å². The molecule has 1 saturated heterocycles. The largest absolute Gasteiger partial charge is 0.465 e. The van der Waals surface area contributed by atoms with E-state index in [4.69, 9.17) is 9.16 Å². The van der Waals surface area contributed by atoms with Crippen molar-refractivity contribution >= 4 is 14.3 Å². The molecule has 0 aromatic rings. The average Bonchev–Trinajstić information content (AvgIpc) is 2.83. The molecule has 0 N–H and O–H groups in total. The number of rotatable bonds is 4. The van der Waals surface area contributed by atoms with Crippen LogP contribution in [0.5, 0.6) is 0 Å². The number of allylic oxidation sites excluding steroid dienone is 3. The maximum absolute atomic E-state index is 12.9. The summed E-state index contributed by atoms with van der Waals surface area (Å²) in [4.78, 5) is 12.9. The molecule has 3 aliphatic carbocycles. The lowest BCUT2D eigenvalue weighted by molar-refractivity contribution is -0.152. The fraction of sp³-hybridized carbons (Fsp3) is 0.762. The van der Waals surface area contributed by atoms with Crippen LogP contribution in [0.1, 0.15) is 47.0 Å². The van der Waals surface area contributed by atoms with Crippen molar-refractivity contribution in [1.82, 2.24) is 0 Å². The monoisotopic (exact) mass is 362 g/mol. The highest BCUT2D eigenvalue weighted by Crippen LogP contribution is 2.58. The second-order valence-electron chi connectivity index (χ2n) is 9.65. The van der Waals surface area contributed by atoms with Crippen molar-refractivity contribution in [3.63, 3.8) is 0 Å². The van der Waals surface area contributed by atoms with Crippen molar-refractivity contribution in [1.29, 1.82) is 0 Å². The Hall–Kier alpha value is -0.873. The number of fused-ring (bicyclic) bond motifs is 1. The lowest BCUT2D eigenvalue weighted by Gasteiger charge is -2.49. The molecule has 0 aromatic heterocycles. The van der Waals surface area contributed by atoms with Crippen LogP contribution >= 0.6 is 0 Å². The van der Waals surface area contributed by atoms with E-state index < -0.39 is 8.32 Å². The second-order valence-corrected chi connectivity index (χ2v) is 14.4. The number of cyclic esters (lactones) is 1. The van der Waals surface area contributed by atoms with Gasteiger partial charge in [-0.1, -0.05) is 45.1 Å². The Labute approximate surface area is 154 Å². The lowest BCUT2D eigenvalue weighted by atomic mass is 9.54. The number of hydrogen-bond donors (Lipinski definition) is 0. The molecule has 2 bridgehead atoms. The summed E-state index contributed by atoms with van der Waals surface area (Å²) >= 11 is 0. The molecular weight excluding hydrogens is 328 g/mol. The zero-order valence-electron chi connectivity index (χ0n) is 16.7. The van der Waals surface area contributed by atoms with Crippen LogP contribution in [-0.2, 0) is 14.0 Å². The summed E-state index contributed by atoms with van der Waals surface area (Å²) in [7, 11) is -1.93. The fourth-order valence-electron chi connectivity index (χ4n) is 4.67. The third kappa shape index (κ3) is 3.06. The highest BCUT2D eigenvalue weighted by atomic mass is 28.4. The molecule has 4 heteroatoms. The highest BCUT2D eigenvalue weighted by Gasteiger charge is 2.62. The van der Waals surface area contributed by atoms with Crippen molar-refractivity contribution in [2.45, 2.75) is 71.2 Å². The first-order chi connectivity index (χ1) is 11.6. The minimum Gasteiger partial charge on any atom is -0.465 e. The van der Waals surface area contributed by atoms with Crippen LogP contribution in [0, 0.1) is 23.2 Å². The number of carbonyl (C=O) groups excluding carboxylic acids is 1. The molecule has 3 nitrogen and oxygen atoms in total. The molecule has 4 aliphatic rings. The number of hydrogen-bond acceptors (Lipinski definition) is 3. The molecule has 1 aliphatic heterocycles. The van der Waals surface area contributed by atoms with Crippen LogP contribution in [0.25, 0.3) is 0 Å². The molecule has 4 rings (SSSR count). The zero-order chi connectivity index (χ0) is 18.5. The maximum Gasteiger partial charge on any atom is 0.313 e. The lowest BCUT2D eigenvalue weighted by Crippen LogP contribution is -2.53. The average molecular weight is 363 g/mol. The first kappa shape index (κ1) is 18.9. The van der Waals surface area contributed by atoms with Crippen molar-refractivity contribution in [3.8, 4) is 0 Å². The Morgan fingerprint density at radius 2 is 2.04 bits per heavy atom. The minimum absolute atomic E-state index is 0.0184. The zero-order valence-corrected chi connectivity index (χ0v) is 17.7. The van der Waals surface area contributed by atoms with Gasteiger partial charge in [-0.15, -0.1) is 0 Å². The van der Waals surface area contributed by atoms with Crippen molar-refractivity contribution in [3.05, 3.63) is 24.3 Å². The van der Waals surface area contributed by atoms with Crippen LogP contribution in [0.15, 0.2) is 24.3 Å². The van der Waals surface area contributed by atoms with Gasteiger partial charge in [0.2, 0.25) is 0 Å². The highest BCUT2D eigenvalue weighted by molar-refractivity contribution is 6.74. The van der Waals surface area contributed by atoms with E-state index >= 15 is 0 Å². The topological polar surface area (TPSA) is 35.5 Å². The molecular formula is C21H34O3Si. The van der Waals surface area contributed by atoms with E-state index in [1.54, 1.807) is 0 Å². The third-order valence-corrected chi connectivity index (χ3v) is 11.7. The summed E-state index contributed by atoms with van der Waals surface area (Å²) in [6.07, 6.45) is 12.1. The minimum atomic E-state index is -1.93. The van der Waals surface area contributed by atoms with Crippen LogP contribution < -0.4 is 0 Å². The SMILES string of the molecule is C/C=C/C(O[Si](C)(C)C(C)(C)C)[C@H]1COC(=O)[C@@]12C[C@H]1C=C[C@@H]2CC1. The molecule has 1 heterocycles. The first-order valence-electron chi connectivity index (χ1n) is 9.78. The number of carbonyl (C=O) groups is 1. The van der Waals surface area contributed by atoms with Crippen LogP contribution in [0.2, 0.25) is 18.1 Å². The Kier molecular flexibility index (Phi) is 4.82. The van der Waals surface area contributed by atoms with E-state index in [0.717, 1.165) is 12.8 Å². The van der Waals surface area contributed by atoms with Gasteiger partial charge in [-0.25, -0.2) is 0 Å². The molecule has 0 radical (unpaired) electrons. The van der Waals surface area contributed by atoms with Crippen molar-refractivity contribution < 1.29 is 14.0 Å². The summed E-state index contributed by atoms with van der Waals surface area (Å²) in [5.74, 6) is 0.985. The van der Waals surface area contributed by atoms with Gasteiger partial charge in [0, 0.05) is 5.92 Å². The second kappa shape index (κ2) is 6.38. The summed E-state index contributed by atoms with van der Waals surface area (Å²) in [5.41, 5.74) is -0.371. The fourth-order valence-corrected chi connectivity index (χ4v) is 5.95. The van der Waals surface area contributed by atoms with E-state index in [0.29, 0.717) is 18.4 Å². The Bertz CT molecular complexity index is 586. The summed E-state index contributed by atoms with van der Waals surface area (Å²) < 4.78 is 12.5. The van der Waals surface area contributed by atoms with Gasteiger partial charge in [0.05, 0.1) is 18.1 Å². The summed E-state index contributed by atoms with van der Waals surface area (Å²) in [5, 5.41) is 0.148. The molecule has 5 atom stereocenters. The van der Waals surface area contributed by atoms with E-state index in [-0.39, 0.29) is 28.4 Å². The molecule has 1 saturated carbocycles. The Morgan fingerprint density at radius 3 is 2.52 bits per heavy atom. The normalized spacial score (nSPS) is 36.4. The summed E-state index contributed by atoms with van der Waals surface area (Å²) in [6, 6.07) is 0. The molecule has 25 heavy (non-hydrogen) atoms. The molecule has 1 unspecified atom stereocenters. The van der Waals surface area contributed by atoms with Crippen LogP contribution in [0.4, 0.5) is 0 Å². The van der Waals surface area contributed by atoms with Gasteiger partial charge in [0.1, 0.15) is 0 Å². The number of esters is 1. The van der Waals surface area contributed by atoms with Gasteiger partial charge in [-0.05, 0) is 56.2 Å². The van der Waals surface area contributed by atoms with Crippen molar-refractivity contribution in [2.24, 2.45) is 23.2 Å². The predicted molar refractivity (Wildman–Crippen MR) is 104 cm³/mol. The van der Waals surface area contributed by atoms with Gasteiger partial charge in [0.15, 0.2) is 8.32 Å². The van der Waals surface area contributed by atoms with E-state index in [1.165, 1.54) is 6.42 Å². The van der Waals surface area contributed by atoms with Crippen LogP contribution in [-0.4, -0.2) is 27.0 Å². The third-order valence-electron chi connectivity index (χ3n) is 7.18. The van der Waals surface area contributed by atoms with Gasteiger partial charge < -0.3 is 9.16 Å². The smallest absolute Gasteiger partial charge is 0.313 e. The van der Waals surface area contributed by atoms with Crippen LogP contribution in [0.3, 0.4) is 0 Å². The summed E-state index contributed by atoms with van der Waals surface area (Å²) in [6.45, 7) is 13.9. The molecule has 140 valence electrons. The van der Waals surface area contributed by atoms with Gasteiger partial charge in [-0.2, -0.15) is 0 Å². The standard InChI is InChI=1S/C21H34O3Si/c1-7-8-18(24-25(5,6)20(2,3)4)17-14-23-19(22)21(17)13-15-9-11-16(21)12-10-15/h7-9,11,15-18H,10,12-14H2,1-6H3/b8-7+/t15-,16+,17+,18?,21+/m0/s1. The van der Waals surface area contributed by atoms with Crippen molar-refractivity contribution in [2.75, 3.05) is 6.61 Å². The molecule has 0 amide bonds.